The Labute approximate surface area is 169 Å². The largest absolute Gasteiger partial charge is 0.507 e. The van der Waals surface area contributed by atoms with Gasteiger partial charge in [0.25, 0.3) is 0 Å². The molecule has 0 amide bonds. The van der Waals surface area contributed by atoms with E-state index in [9.17, 15) is 5.11 Å². The summed E-state index contributed by atoms with van der Waals surface area (Å²) in [5, 5.41) is 21.5. The first-order valence-electron chi connectivity index (χ1n) is 8.74. The lowest BCUT2D eigenvalue weighted by molar-refractivity contribution is -0.0188. The van der Waals surface area contributed by atoms with E-state index in [2.05, 4.69) is 38.8 Å². The average Bonchev–Trinajstić information content (AvgIpc) is 3.33. The lowest BCUT2D eigenvalue weighted by Crippen LogP contribution is -2.33. The number of benzene rings is 2. The summed E-state index contributed by atoms with van der Waals surface area (Å²) in [6, 6.07) is 13.9. The second-order valence-electron chi connectivity index (χ2n) is 6.88. The summed E-state index contributed by atoms with van der Waals surface area (Å²) in [6.45, 7) is 2.02. The Hall–Kier alpha value is -2.31. The Morgan fingerprint density at radius 3 is 2.93 bits per heavy atom. The van der Waals surface area contributed by atoms with E-state index in [0.717, 1.165) is 44.6 Å². The third-order valence-electron chi connectivity index (χ3n) is 5.04. The molecule has 0 unspecified atom stereocenters. The summed E-state index contributed by atoms with van der Waals surface area (Å²) >= 11 is 5.22. The molecule has 3 aromatic rings. The predicted octanol–water partition coefficient (Wildman–Crippen LogP) is 5.77. The van der Waals surface area contributed by atoms with Crippen molar-refractivity contribution in [3.05, 3.63) is 80.0 Å². The van der Waals surface area contributed by atoms with Gasteiger partial charge in [-0.05, 0) is 54.1 Å². The van der Waals surface area contributed by atoms with Crippen LogP contribution in [0.2, 0.25) is 0 Å². The molecule has 4 nitrogen and oxygen atoms in total. The number of fused-ring (bicyclic) bond motifs is 3. The molecule has 136 valence electrons. The molecule has 2 aliphatic heterocycles. The average molecular weight is 441 g/mol. The number of phenolic OH excluding ortho intramolecular Hbond substituents is 1. The van der Waals surface area contributed by atoms with Crippen molar-refractivity contribution in [3.63, 3.8) is 0 Å². The lowest BCUT2D eigenvalue weighted by atomic mass is 9.95. The second-order valence-corrected chi connectivity index (χ2v) is 8.57. The van der Waals surface area contributed by atoms with E-state index in [-0.39, 0.29) is 18.0 Å². The van der Waals surface area contributed by atoms with E-state index in [1.807, 2.05) is 36.2 Å². The highest BCUT2D eigenvalue weighted by Crippen LogP contribution is 2.48. The fourth-order valence-electron chi connectivity index (χ4n) is 3.74. The Bertz CT molecular complexity index is 1050. The fraction of sp³-hybridized carbons (Fsp3) is 0.190. The van der Waals surface area contributed by atoms with Gasteiger partial charge in [0.1, 0.15) is 11.5 Å². The standard InChI is InChI=1S/C21H17BrN2O2S/c1-12-2-4-19(25)15(8-12)17-10-18-16-9-14(22)3-5-20(16)26-21(24(18)23-17)13-6-7-27-11-13/h2-9,11,18,21,25H,10H2,1H3/t18-,21-/m0/s1. The molecular formula is C21H17BrN2O2S. The van der Waals surface area contributed by atoms with Crippen LogP contribution < -0.4 is 4.74 Å². The molecule has 0 radical (unpaired) electrons. The normalized spacial score (nSPS) is 20.7. The number of rotatable bonds is 2. The zero-order valence-corrected chi connectivity index (χ0v) is 17.0. The molecule has 5 rings (SSSR count). The van der Waals surface area contributed by atoms with Crippen LogP contribution in [-0.2, 0) is 0 Å². The van der Waals surface area contributed by atoms with Gasteiger partial charge in [-0.15, -0.1) is 0 Å². The van der Waals surface area contributed by atoms with Gasteiger partial charge in [0.15, 0.2) is 0 Å². The minimum Gasteiger partial charge on any atom is -0.507 e. The molecule has 0 fully saturated rings. The van der Waals surface area contributed by atoms with Crippen molar-refractivity contribution in [3.8, 4) is 11.5 Å². The zero-order valence-electron chi connectivity index (χ0n) is 14.6. The fourth-order valence-corrected chi connectivity index (χ4v) is 4.78. The van der Waals surface area contributed by atoms with E-state index in [4.69, 9.17) is 9.84 Å². The molecule has 1 N–H and O–H groups in total. The summed E-state index contributed by atoms with van der Waals surface area (Å²) in [5.74, 6) is 1.15. The molecule has 0 saturated carbocycles. The molecule has 2 aliphatic rings. The van der Waals surface area contributed by atoms with Gasteiger partial charge in [0, 0.05) is 27.6 Å². The van der Waals surface area contributed by atoms with Gasteiger partial charge < -0.3 is 9.84 Å². The van der Waals surface area contributed by atoms with Crippen molar-refractivity contribution < 1.29 is 9.84 Å². The third-order valence-corrected chi connectivity index (χ3v) is 6.24. The van der Waals surface area contributed by atoms with Crippen molar-refractivity contribution >= 4 is 33.0 Å². The first-order chi connectivity index (χ1) is 13.1. The van der Waals surface area contributed by atoms with Crippen LogP contribution in [0.3, 0.4) is 0 Å². The minimum absolute atomic E-state index is 0.0751. The molecule has 0 spiro atoms. The Morgan fingerprint density at radius 2 is 2.11 bits per heavy atom. The Morgan fingerprint density at radius 1 is 1.22 bits per heavy atom. The van der Waals surface area contributed by atoms with Crippen molar-refractivity contribution in [2.24, 2.45) is 5.10 Å². The second kappa shape index (κ2) is 6.39. The first-order valence-corrected chi connectivity index (χ1v) is 10.5. The number of hydrogen-bond donors (Lipinski definition) is 1. The van der Waals surface area contributed by atoms with E-state index in [0.29, 0.717) is 0 Å². The number of aryl methyl sites for hydroxylation is 1. The van der Waals surface area contributed by atoms with Crippen molar-refractivity contribution in [2.75, 3.05) is 0 Å². The summed E-state index contributed by atoms with van der Waals surface area (Å²) < 4.78 is 7.34. The van der Waals surface area contributed by atoms with Crippen molar-refractivity contribution in [1.82, 2.24) is 5.01 Å². The molecule has 2 atom stereocenters. The van der Waals surface area contributed by atoms with Crippen LogP contribution in [0.5, 0.6) is 11.5 Å². The first kappa shape index (κ1) is 16.8. The van der Waals surface area contributed by atoms with Crippen LogP contribution in [0.25, 0.3) is 0 Å². The van der Waals surface area contributed by atoms with Crippen molar-refractivity contribution in [1.29, 1.82) is 0 Å². The Balaban J connectivity index is 1.63. The van der Waals surface area contributed by atoms with Gasteiger partial charge in [-0.25, -0.2) is 5.01 Å². The Kier molecular flexibility index (Phi) is 3.98. The summed E-state index contributed by atoms with van der Waals surface area (Å²) in [6.07, 6.45) is 0.462. The van der Waals surface area contributed by atoms with E-state index >= 15 is 0 Å². The zero-order chi connectivity index (χ0) is 18.5. The van der Waals surface area contributed by atoms with Crippen LogP contribution in [0.4, 0.5) is 0 Å². The highest BCUT2D eigenvalue weighted by Gasteiger charge is 2.41. The third kappa shape index (κ3) is 2.84. The van der Waals surface area contributed by atoms with Gasteiger partial charge >= 0.3 is 0 Å². The topological polar surface area (TPSA) is 45.1 Å². The van der Waals surface area contributed by atoms with E-state index in [1.54, 1.807) is 17.4 Å². The molecule has 0 saturated heterocycles. The molecule has 2 aromatic carbocycles. The summed E-state index contributed by atoms with van der Waals surface area (Å²) in [7, 11) is 0. The lowest BCUT2D eigenvalue weighted by Gasteiger charge is -2.37. The maximum Gasteiger partial charge on any atom is 0.214 e. The molecule has 1 aromatic heterocycles. The number of ether oxygens (including phenoxy) is 1. The highest BCUT2D eigenvalue weighted by atomic mass is 79.9. The van der Waals surface area contributed by atoms with Crippen LogP contribution in [0.15, 0.2) is 62.8 Å². The maximum absolute atomic E-state index is 10.4. The quantitative estimate of drug-likeness (QED) is 0.550. The smallest absolute Gasteiger partial charge is 0.214 e. The molecule has 0 aliphatic carbocycles. The highest BCUT2D eigenvalue weighted by molar-refractivity contribution is 9.10. The number of aromatic hydroxyl groups is 1. The number of hydrazone groups is 1. The predicted molar refractivity (Wildman–Crippen MR) is 110 cm³/mol. The van der Waals surface area contributed by atoms with Crippen LogP contribution in [0.1, 0.15) is 40.9 Å². The van der Waals surface area contributed by atoms with E-state index in [1.165, 1.54) is 0 Å². The molecule has 6 heteroatoms. The van der Waals surface area contributed by atoms with Gasteiger partial charge in [-0.1, -0.05) is 27.6 Å². The molecule has 3 heterocycles. The monoisotopic (exact) mass is 440 g/mol. The molecule has 0 bridgehead atoms. The summed E-state index contributed by atoms with van der Waals surface area (Å²) in [4.78, 5) is 0. The summed E-state index contributed by atoms with van der Waals surface area (Å²) in [5.41, 5.74) is 4.99. The van der Waals surface area contributed by atoms with E-state index < -0.39 is 0 Å². The number of hydrogen-bond acceptors (Lipinski definition) is 5. The van der Waals surface area contributed by atoms with Gasteiger partial charge in [-0.2, -0.15) is 16.4 Å². The maximum atomic E-state index is 10.4. The number of halogens is 1. The number of thiophene rings is 1. The molecular weight excluding hydrogens is 424 g/mol. The van der Waals surface area contributed by atoms with Crippen LogP contribution in [0, 0.1) is 6.92 Å². The van der Waals surface area contributed by atoms with Gasteiger partial charge in [-0.3, -0.25) is 0 Å². The SMILES string of the molecule is Cc1ccc(O)c(C2=NN3[C@@H](C2)c2cc(Br)ccc2O[C@H]3c2ccsc2)c1. The number of phenols is 1. The van der Waals surface area contributed by atoms with Gasteiger partial charge in [0.2, 0.25) is 6.23 Å². The van der Waals surface area contributed by atoms with Crippen LogP contribution >= 0.6 is 27.3 Å². The van der Waals surface area contributed by atoms with Crippen LogP contribution in [-0.4, -0.2) is 15.8 Å². The minimum atomic E-state index is -0.264. The molecule has 27 heavy (non-hydrogen) atoms. The van der Waals surface area contributed by atoms with Crippen molar-refractivity contribution in [2.45, 2.75) is 25.6 Å². The van der Waals surface area contributed by atoms with Gasteiger partial charge in [0.05, 0.1) is 11.8 Å². The number of nitrogens with zero attached hydrogens (tertiary/aromatic N) is 2.